The SMILES string of the molecule is CN(C)c1cccc2c(S(=O)(=O)NCCCC[C@H](N[C@@H](CCCNC(=N)N)C(=O)N[C@@H](Cc3c[nH]c4ccccc34)C(=O)N[C@@H](CCCNC(=N)N)C(=O)N[C@@H](Cc3c[nH]c4ccccc34)C(=O)OCc3ccccc3)C(=O)NC(=O)CCCC(=O)Nc3cccc(CN(Cc4ccccn4)Cc4ccccn4)n3)cccc12. The number of hydrogen-bond donors (Lipinski definition) is 15. The van der Waals surface area contributed by atoms with Crippen LogP contribution in [0.1, 0.15) is 98.0 Å². The standard InChI is InChI=1S/C82H98N20O10S/c1-101(2)71-36-17-30-63-62(71)29-18-37-72(63)113(110,111)93-45-15-12-33-66(78(107)100-75(104)40-19-39-74(103)99-73-38-16-26-59(94-73)52-102(50-57-24-10-13-41-87-57)51-58-25-11-14-42-88-58)95-67(34-20-43-89-81(83)84)76(105)97-69(46-55-48-91-64-31-8-6-27-60(55)64)79(108)96-68(35-21-44-90-82(85)86)77(106)98-70(80(109)112-53-54-22-4-3-5-23-54)47-56-49-92-65-32-9-7-28-61(56)65/h3-11,13-14,16-18,22-32,36-38,41-42,48-49,66-70,91-93,95H,12,15,19-21,33-35,39-40,43-47,50-53H2,1-2H3,(H,96,108)(H,97,105)(H,98,106)(H4,83,84,89)(H4,85,86,90)(H,94,99,103)(H,100,104,107)/t66-,67-,68-,69-,70-/m0/s1. The van der Waals surface area contributed by atoms with Gasteiger partial charge in [0.2, 0.25) is 45.5 Å². The molecule has 5 heterocycles. The van der Waals surface area contributed by atoms with Crippen LogP contribution >= 0.6 is 0 Å². The van der Waals surface area contributed by atoms with Crippen LogP contribution in [0.15, 0.2) is 200 Å². The number of fused-ring (bicyclic) bond motifs is 3. The number of aromatic amines is 2. The van der Waals surface area contributed by atoms with Crippen LogP contribution < -0.4 is 63.6 Å². The van der Waals surface area contributed by atoms with Crippen molar-refractivity contribution >= 4 is 107 Å². The summed E-state index contributed by atoms with van der Waals surface area (Å²) in [5.41, 5.74) is 18.1. The first-order valence-electron chi connectivity index (χ1n) is 37.6. The number of rotatable bonds is 43. The molecule has 10 aromatic rings. The number of aromatic nitrogens is 5. The maximum Gasteiger partial charge on any atom is 0.329 e. The quantitative estimate of drug-likeness (QED) is 0.00818. The van der Waals surface area contributed by atoms with Gasteiger partial charge in [-0.3, -0.25) is 65.1 Å². The van der Waals surface area contributed by atoms with E-state index in [-0.39, 0.29) is 120 Å². The van der Waals surface area contributed by atoms with Gasteiger partial charge in [-0.15, -0.1) is 0 Å². The third kappa shape index (κ3) is 25.3. The molecule has 0 spiro atoms. The number of pyridine rings is 3. The number of sulfonamides is 1. The Morgan fingerprint density at radius 1 is 0.504 bits per heavy atom. The third-order valence-electron chi connectivity index (χ3n) is 18.9. The van der Waals surface area contributed by atoms with Crippen LogP contribution in [0.3, 0.4) is 0 Å². The smallest absolute Gasteiger partial charge is 0.329 e. The Morgan fingerprint density at radius 3 is 1.65 bits per heavy atom. The molecule has 0 saturated carbocycles. The number of carbonyl (C=O) groups excluding carboxylic acids is 7. The van der Waals surface area contributed by atoms with Gasteiger partial charge in [0.25, 0.3) is 0 Å². The Balaban J connectivity index is 0.876. The normalized spacial score (nSPS) is 12.7. The van der Waals surface area contributed by atoms with E-state index in [0.29, 0.717) is 53.2 Å². The lowest BCUT2D eigenvalue weighted by Crippen LogP contribution is -2.59. The van der Waals surface area contributed by atoms with Crippen molar-refractivity contribution in [3.63, 3.8) is 0 Å². The molecule has 592 valence electrons. The molecule has 0 unspecified atom stereocenters. The fourth-order valence-electron chi connectivity index (χ4n) is 13.3. The van der Waals surface area contributed by atoms with Gasteiger partial charge >= 0.3 is 5.97 Å². The average Bonchev–Trinajstić information content (AvgIpc) is 1.63. The summed E-state index contributed by atoms with van der Waals surface area (Å²) in [6.45, 7) is 1.43. The van der Waals surface area contributed by atoms with Crippen molar-refractivity contribution in [2.45, 2.75) is 138 Å². The molecule has 5 aromatic carbocycles. The van der Waals surface area contributed by atoms with E-state index in [9.17, 15) is 27.6 Å². The molecule has 0 aliphatic heterocycles. The summed E-state index contributed by atoms with van der Waals surface area (Å²) in [4.78, 5) is 127. The summed E-state index contributed by atoms with van der Waals surface area (Å²) in [5, 5.41) is 41.1. The minimum atomic E-state index is -4.10. The molecule has 10 rings (SSSR count). The molecule has 5 aromatic heterocycles. The maximum atomic E-state index is 15.4. The first-order valence-corrected chi connectivity index (χ1v) is 39.0. The van der Waals surface area contributed by atoms with Crippen LogP contribution in [-0.2, 0) is 87.4 Å². The van der Waals surface area contributed by atoms with E-state index in [2.05, 4.69) is 72.1 Å². The van der Waals surface area contributed by atoms with E-state index >= 15 is 14.4 Å². The van der Waals surface area contributed by atoms with Crippen molar-refractivity contribution in [3.05, 3.63) is 228 Å². The molecule has 30 nitrogen and oxygen atoms in total. The van der Waals surface area contributed by atoms with Crippen molar-refractivity contribution in [2.24, 2.45) is 11.5 Å². The van der Waals surface area contributed by atoms with Gasteiger partial charge < -0.3 is 63.0 Å². The number of anilines is 2. The van der Waals surface area contributed by atoms with E-state index in [1.54, 1.807) is 79.4 Å². The lowest BCUT2D eigenvalue weighted by Gasteiger charge is -2.28. The van der Waals surface area contributed by atoms with Gasteiger partial charge in [0.05, 0.1) is 34.1 Å². The molecular formula is C82H98N20O10S. The third-order valence-corrected chi connectivity index (χ3v) is 20.4. The van der Waals surface area contributed by atoms with Gasteiger partial charge in [0.15, 0.2) is 11.9 Å². The maximum absolute atomic E-state index is 15.4. The Morgan fingerprint density at radius 2 is 1.02 bits per heavy atom. The highest BCUT2D eigenvalue weighted by Crippen LogP contribution is 2.31. The number of nitrogens with two attached hydrogens (primary N) is 2. The number of unbranched alkanes of at least 4 members (excludes halogenated alkanes) is 1. The van der Waals surface area contributed by atoms with E-state index < -0.39 is 81.6 Å². The molecule has 31 heteroatoms. The minimum Gasteiger partial charge on any atom is -0.459 e. The number of H-pyrrole nitrogens is 2. The van der Waals surface area contributed by atoms with Crippen molar-refractivity contribution in [1.29, 1.82) is 10.8 Å². The van der Waals surface area contributed by atoms with Crippen LogP contribution in [0.2, 0.25) is 0 Å². The van der Waals surface area contributed by atoms with Gasteiger partial charge in [0.1, 0.15) is 30.6 Å². The zero-order chi connectivity index (χ0) is 80.1. The largest absolute Gasteiger partial charge is 0.459 e. The van der Waals surface area contributed by atoms with Crippen LogP contribution in [-0.4, -0.2) is 156 Å². The van der Waals surface area contributed by atoms with Crippen molar-refractivity contribution in [2.75, 3.05) is 43.9 Å². The number of benzene rings is 5. The number of carbonyl (C=O) groups is 7. The zero-order valence-corrected chi connectivity index (χ0v) is 64.0. The topological polar surface area (TPSA) is 448 Å². The van der Waals surface area contributed by atoms with Gasteiger partial charge in [0, 0.05) is 142 Å². The second-order valence-electron chi connectivity index (χ2n) is 27.7. The van der Waals surface area contributed by atoms with Gasteiger partial charge in [-0.1, -0.05) is 116 Å². The highest BCUT2D eigenvalue weighted by molar-refractivity contribution is 7.89. The number of esters is 1. The second kappa shape index (κ2) is 41.5. The highest BCUT2D eigenvalue weighted by Gasteiger charge is 2.35. The van der Waals surface area contributed by atoms with Crippen LogP contribution in [0, 0.1) is 10.8 Å². The molecule has 0 radical (unpaired) electrons. The number of hydrogen-bond acceptors (Lipinski definition) is 18. The minimum absolute atomic E-state index is 0.0106. The Bertz CT molecular complexity index is 4970. The monoisotopic (exact) mass is 1550 g/mol. The Labute approximate surface area is 655 Å². The van der Waals surface area contributed by atoms with E-state index in [4.69, 9.17) is 32.0 Å². The molecule has 17 N–H and O–H groups in total. The zero-order valence-electron chi connectivity index (χ0n) is 63.2. The molecule has 0 aliphatic rings. The summed E-state index contributed by atoms with van der Waals surface area (Å²) in [7, 11) is -0.368. The molecule has 5 atom stereocenters. The molecule has 113 heavy (non-hydrogen) atoms. The van der Waals surface area contributed by atoms with Crippen molar-refractivity contribution in [1.82, 2.24) is 71.8 Å². The Kier molecular flexibility index (Phi) is 30.5. The Hall–Kier alpha value is -12.5. The number of amides is 6. The van der Waals surface area contributed by atoms with Gasteiger partial charge in [-0.05, 0) is 122 Å². The van der Waals surface area contributed by atoms with E-state index in [1.807, 2.05) is 128 Å². The van der Waals surface area contributed by atoms with Gasteiger partial charge in [-0.2, -0.15) is 0 Å². The lowest BCUT2D eigenvalue weighted by molar-refractivity contribution is -0.149. The van der Waals surface area contributed by atoms with Crippen LogP contribution in [0.5, 0.6) is 0 Å². The van der Waals surface area contributed by atoms with Crippen LogP contribution in [0.25, 0.3) is 32.6 Å². The van der Waals surface area contributed by atoms with E-state index in [0.717, 1.165) is 44.3 Å². The van der Waals surface area contributed by atoms with Gasteiger partial charge in [-0.25, -0.2) is 22.9 Å². The molecular weight excluding hydrogens is 1460 g/mol. The molecule has 0 bridgehead atoms. The second-order valence-corrected chi connectivity index (χ2v) is 29.4. The number of para-hydroxylation sites is 2. The first kappa shape index (κ1) is 83.0. The molecule has 0 fully saturated rings. The van der Waals surface area contributed by atoms with Crippen molar-refractivity contribution in [3.8, 4) is 0 Å². The summed E-state index contributed by atoms with van der Waals surface area (Å²) >= 11 is 0. The number of guanidine groups is 2. The summed E-state index contributed by atoms with van der Waals surface area (Å²) in [5.74, 6) is -5.53. The fourth-order valence-corrected chi connectivity index (χ4v) is 14.6. The highest BCUT2D eigenvalue weighted by atomic mass is 32.2. The first-order chi connectivity index (χ1) is 54.6. The number of nitrogens with one attached hydrogen (secondary N) is 13. The summed E-state index contributed by atoms with van der Waals surface area (Å²) < 4.78 is 36.7. The van der Waals surface area contributed by atoms with Crippen molar-refractivity contribution < 1.29 is 46.7 Å². The predicted molar refractivity (Wildman–Crippen MR) is 434 cm³/mol. The van der Waals surface area contributed by atoms with Crippen LogP contribution in [0.4, 0.5) is 11.5 Å². The summed E-state index contributed by atoms with van der Waals surface area (Å²) in [6.07, 6.45) is 6.84. The number of imide groups is 1. The number of ether oxygens (including phenoxy) is 1. The molecule has 0 aliphatic carbocycles. The lowest BCUT2D eigenvalue weighted by atomic mass is 10.0. The molecule has 6 amide bonds. The molecule has 0 saturated heterocycles. The van der Waals surface area contributed by atoms with E-state index in [1.165, 1.54) is 6.07 Å². The fraction of sp³-hybridized carbons (Fsp3) is 0.317. The average molecular weight is 1560 g/mol. The number of nitrogens with zero attached hydrogens (tertiary/aromatic N) is 5. The summed E-state index contributed by atoms with van der Waals surface area (Å²) in [6, 6.07) is 44.2. The predicted octanol–water partition coefficient (Wildman–Crippen LogP) is 6.69.